The van der Waals surface area contributed by atoms with Crippen molar-refractivity contribution in [2.45, 2.75) is 136 Å². The van der Waals surface area contributed by atoms with E-state index < -0.39 is 0 Å². The van der Waals surface area contributed by atoms with E-state index in [0.717, 1.165) is 30.3 Å². The Kier molecular flexibility index (Phi) is 15.3. The first kappa shape index (κ1) is 29.1. The topological polar surface area (TPSA) is 15.7 Å². The summed E-state index contributed by atoms with van der Waals surface area (Å²) < 4.78 is 6.25. The van der Waals surface area contributed by atoms with Crippen LogP contribution in [0.4, 0.5) is 0 Å². The Labute approximate surface area is 208 Å². The molecule has 1 aliphatic heterocycles. The van der Waals surface area contributed by atoms with Gasteiger partial charge in [0.15, 0.2) is 0 Å². The van der Waals surface area contributed by atoms with Crippen molar-refractivity contribution < 1.29 is 4.74 Å². The van der Waals surface area contributed by atoms with Crippen LogP contribution in [-0.4, -0.2) is 62.3 Å². The highest BCUT2D eigenvalue weighted by Crippen LogP contribution is 2.32. The third-order valence-electron chi connectivity index (χ3n) is 9.07. The summed E-state index contributed by atoms with van der Waals surface area (Å²) in [5.41, 5.74) is 0. The van der Waals surface area contributed by atoms with Gasteiger partial charge in [-0.1, -0.05) is 78.6 Å². The van der Waals surface area contributed by atoms with Gasteiger partial charge in [-0.25, -0.2) is 0 Å². The highest BCUT2D eigenvalue weighted by molar-refractivity contribution is 4.80. The normalized spacial score (nSPS) is 30.4. The largest absolute Gasteiger partial charge is 0.380 e. The molecule has 3 nitrogen and oxygen atoms in total. The zero-order chi connectivity index (χ0) is 23.9. The molecule has 1 saturated heterocycles. The zero-order valence-electron chi connectivity index (χ0n) is 23.3. The lowest BCUT2D eigenvalue weighted by molar-refractivity contribution is 0.00718. The van der Waals surface area contributed by atoms with Gasteiger partial charge in [0.2, 0.25) is 0 Å². The average Bonchev–Trinajstić information content (AvgIpc) is 2.93. The van der Waals surface area contributed by atoms with Crippen LogP contribution in [0.2, 0.25) is 0 Å². The van der Waals surface area contributed by atoms with Crippen LogP contribution in [0.1, 0.15) is 124 Å². The van der Waals surface area contributed by atoms with Crippen LogP contribution in [0.15, 0.2) is 0 Å². The molecule has 0 radical (unpaired) electrons. The molecular weight excluding hydrogens is 404 g/mol. The quantitative estimate of drug-likeness (QED) is 0.307. The van der Waals surface area contributed by atoms with Gasteiger partial charge in [-0.2, -0.15) is 0 Å². The lowest BCUT2D eigenvalue weighted by atomic mass is 9.80. The lowest BCUT2D eigenvalue weighted by Crippen LogP contribution is -2.40. The van der Waals surface area contributed by atoms with Crippen LogP contribution in [0.3, 0.4) is 0 Å². The van der Waals surface area contributed by atoms with Crippen molar-refractivity contribution in [2.24, 2.45) is 17.8 Å². The number of rotatable bonds is 10. The molecule has 2 aliphatic rings. The predicted molar refractivity (Wildman–Crippen MR) is 145 cm³/mol. The van der Waals surface area contributed by atoms with E-state index in [1.165, 1.54) is 122 Å². The molecule has 0 amide bonds. The van der Waals surface area contributed by atoms with Crippen molar-refractivity contribution in [1.82, 2.24) is 9.80 Å². The first-order chi connectivity index (χ1) is 16.1. The minimum atomic E-state index is 0.419. The van der Waals surface area contributed by atoms with Crippen LogP contribution in [-0.2, 0) is 4.74 Å². The summed E-state index contributed by atoms with van der Waals surface area (Å²) in [7, 11) is 4.37. The molecule has 5 atom stereocenters. The van der Waals surface area contributed by atoms with E-state index in [1.54, 1.807) is 0 Å². The predicted octanol–water partition coefficient (Wildman–Crippen LogP) is 7.78. The molecule has 1 heterocycles. The fraction of sp³-hybridized carbons (Fsp3) is 1.00. The Morgan fingerprint density at radius 2 is 1.61 bits per heavy atom. The van der Waals surface area contributed by atoms with Crippen molar-refractivity contribution >= 4 is 0 Å². The van der Waals surface area contributed by atoms with E-state index in [-0.39, 0.29) is 0 Å². The molecule has 0 spiro atoms. The Hall–Kier alpha value is -0.120. The summed E-state index contributed by atoms with van der Waals surface area (Å²) in [5, 5.41) is 0. The second-order valence-electron chi connectivity index (χ2n) is 11.8. The van der Waals surface area contributed by atoms with E-state index in [2.05, 4.69) is 37.6 Å². The summed E-state index contributed by atoms with van der Waals surface area (Å²) >= 11 is 0. The molecule has 3 unspecified atom stereocenters. The fourth-order valence-corrected chi connectivity index (χ4v) is 6.61. The van der Waals surface area contributed by atoms with Crippen LogP contribution in [0, 0.1) is 17.8 Å². The van der Waals surface area contributed by atoms with Crippen LogP contribution < -0.4 is 0 Å². The summed E-state index contributed by atoms with van der Waals surface area (Å²) in [6, 6.07) is 0.797. The Bertz CT molecular complexity index is 470. The Morgan fingerprint density at radius 3 is 2.33 bits per heavy atom. The minimum Gasteiger partial charge on any atom is -0.380 e. The van der Waals surface area contributed by atoms with Gasteiger partial charge < -0.3 is 14.5 Å². The molecule has 1 aliphatic carbocycles. The monoisotopic (exact) mass is 464 g/mol. The highest BCUT2D eigenvalue weighted by atomic mass is 16.5. The van der Waals surface area contributed by atoms with Crippen molar-refractivity contribution in [3.05, 3.63) is 0 Å². The molecular formula is C30H60N2O. The van der Waals surface area contributed by atoms with Crippen LogP contribution >= 0.6 is 0 Å². The smallest absolute Gasteiger partial charge is 0.0726 e. The minimum absolute atomic E-state index is 0.419. The number of ether oxygens (including phenoxy) is 1. The van der Waals surface area contributed by atoms with E-state index in [0.29, 0.717) is 6.10 Å². The number of unbranched alkanes of at least 4 members (excludes halogenated alkanes) is 2. The van der Waals surface area contributed by atoms with Crippen LogP contribution in [0.5, 0.6) is 0 Å². The van der Waals surface area contributed by atoms with Gasteiger partial charge in [0, 0.05) is 19.7 Å². The number of methoxy groups -OCH3 is 1. The van der Waals surface area contributed by atoms with Crippen molar-refractivity contribution in [3.8, 4) is 0 Å². The van der Waals surface area contributed by atoms with Crippen molar-refractivity contribution in [1.29, 1.82) is 0 Å². The van der Waals surface area contributed by atoms with E-state index in [9.17, 15) is 0 Å². The van der Waals surface area contributed by atoms with Gasteiger partial charge in [-0.05, 0) is 89.4 Å². The SMILES string of the molecule is CCCCCN(C)C1CCCCN(C[C@@H](OC)C2CCC[C@H](C)CCCC(CC)C2)CCC1. The maximum atomic E-state index is 6.25. The molecule has 3 heteroatoms. The molecule has 33 heavy (non-hydrogen) atoms. The highest BCUT2D eigenvalue weighted by Gasteiger charge is 2.27. The van der Waals surface area contributed by atoms with Gasteiger partial charge in [0.1, 0.15) is 0 Å². The second kappa shape index (κ2) is 17.3. The number of hydrogen-bond donors (Lipinski definition) is 0. The van der Waals surface area contributed by atoms with Gasteiger partial charge in [-0.3, -0.25) is 0 Å². The molecule has 2 fully saturated rings. The lowest BCUT2D eigenvalue weighted by Gasteiger charge is -2.34. The van der Waals surface area contributed by atoms with Crippen molar-refractivity contribution in [3.63, 3.8) is 0 Å². The molecule has 0 N–H and O–H groups in total. The molecule has 196 valence electrons. The van der Waals surface area contributed by atoms with Crippen molar-refractivity contribution in [2.75, 3.05) is 40.3 Å². The van der Waals surface area contributed by atoms with E-state index in [4.69, 9.17) is 4.74 Å². The number of hydrogen-bond acceptors (Lipinski definition) is 3. The summed E-state index contributed by atoms with van der Waals surface area (Å²) in [5.74, 6) is 2.56. The first-order valence-corrected chi connectivity index (χ1v) is 15.0. The molecule has 0 aromatic rings. The summed E-state index contributed by atoms with van der Waals surface area (Å²) in [6.45, 7) is 12.2. The van der Waals surface area contributed by atoms with Gasteiger partial charge >= 0.3 is 0 Å². The molecule has 2 rings (SSSR count). The maximum absolute atomic E-state index is 6.25. The van der Waals surface area contributed by atoms with Gasteiger partial charge in [0.25, 0.3) is 0 Å². The molecule has 0 aromatic heterocycles. The van der Waals surface area contributed by atoms with Gasteiger partial charge in [0.05, 0.1) is 6.10 Å². The summed E-state index contributed by atoms with van der Waals surface area (Å²) in [4.78, 5) is 5.45. The fourth-order valence-electron chi connectivity index (χ4n) is 6.61. The number of nitrogens with zero attached hydrogens (tertiary/aromatic N) is 2. The summed E-state index contributed by atoms with van der Waals surface area (Å²) in [6.07, 6.45) is 22.6. The second-order valence-corrected chi connectivity index (χ2v) is 11.8. The third-order valence-corrected chi connectivity index (χ3v) is 9.07. The standard InChI is InChI=1S/C30H60N2O/c1-6-8-10-21-31(4)29-19-9-11-22-32(23-14-20-29)25-30(33-5)28-18-13-16-26(3)15-12-17-27(7-2)24-28/h26-30H,6-25H2,1-5H3/t26-,27?,28?,29?,30-/m1/s1. The average molecular weight is 465 g/mol. The Balaban J connectivity index is 1.90. The Morgan fingerprint density at radius 1 is 0.879 bits per heavy atom. The molecule has 0 aromatic carbocycles. The van der Waals surface area contributed by atoms with E-state index >= 15 is 0 Å². The molecule has 1 saturated carbocycles. The van der Waals surface area contributed by atoms with Gasteiger partial charge in [-0.15, -0.1) is 0 Å². The zero-order valence-corrected chi connectivity index (χ0v) is 23.3. The maximum Gasteiger partial charge on any atom is 0.0726 e. The van der Waals surface area contributed by atoms with E-state index in [1.807, 2.05) is 7.11 Å². The first-order valence-electron chi connectivity index (χ1n) is 15.0. The third kappa shape index (κ3) is 11.4. The molecule has 0 bridgehead atoms. The van der Waals surface area contributed by atoms with Crippen LogP contribution in [0.25, 0.3) is 0 Å².